The molecule has 1 aromatic rings. The topological polar surface area (TPSA) is 73.6 Å². The SMILES string of the molecule is N#C[C@@H]1[C@@H](c2ccccc2C2=CCCCC2)[C@H](CO)N1C(=O)C1CCOCC1. The number of carbonyl (C=O) groups is 1. The number of hydrogen-bond acceptors (Lipinski definition) is 4. The van der Waals surface area contributed by atoms with Gasteiger partial charge in [-0.15, -0.1) is 0 Å². The Balaban J connectivity index is 1.63. The van der Waals surface area contributed by atoms with E-state index in [4.69, 9.17) is 4.74 Å². The molecule has 5 nitrogen and oxygen atoms in total. The molecule has 0 aromatic heterocycles. The third-order valence-corrected chi connectivity index (χ3v) is 6.51. The van der Waals surface area contributed by atoms with Gasteiger partial charge in [0.15, 0.2) is 0 Å². The van der Waals surface area contributed by atoms with Gasteiger partial charge in [0.05, 0.1) is 18.7 Å². The maximum atomic E-state index is 13.1. The van der Waals surface area contributed by atoms with Crippen LogP contribution in [0.2, 0.25) is 0 Å². The van der Waals surface area contributed by atoms with Crippen molar-refractivity contribution in [3.63, 3.8) is 0 Å². The highest BCUT2D eigenvalue weighted by atomic mass is 16.5. The van der Waals surface area contributed by atoms with E-state index in [1.165, 1.54) is 24.0 Å². The second-order valence-electron chi connectivity index (χ2n) is 8.04. The Morgan fingerprint density at radius 1 is 1.25 bits per heavy atom. The number of likely N-dealkylation sites (tertiary alicyclic amines) is 1. The van der Waals surface area contributed by atoms with Gasteiger partial charge in [-0.3, -0.25) is 4.79 Å². The van der Waals surface area contributed by atoms with E-state index in [0.29, 0.717) is 26.1 Å². The van der Waals surface area contributed by atoms with Gasteiger partial charge in [0.25, 0.3) is 0 Å². The fraction of sp³-hybridized carbons (Fsp3) is 0.565. The summed E-state index contributed by atoms with van der Waals surface area (Å²) in [5, 5.41) is 20.0. The van der Waals surface area contributed by atoms with E-state index < -0.39 is 6.04 Å². The lowest BCUT2D eigenvalue weighted by Crippen LogP contribution is -2.66. The van der Waals surface area contributed by atoms with E-state index in [0.717, 1.165) is 18.4 Å². The molecule has 0 unspecified atom stereocenters. The third kappa shape index (κ3) is 3.36. The fourth-order valence-corrected chi connectivity index (χ4v) is 5.00. The predicted molar refractivity (Wildman–Crippen MR) is 106 cm³/mol. The Labute approximate surface area is 166 Å². The van der Waals surface area contributed by atoms with Gasteiger partial charge in [-0.05, 0) is 55.2 Å². The Morgan fingerprint density at radius 3 is 2.71 bits per heavy atom. The van der Waals surface area contributed by atoms with Crippen molar-refractivity contribution in [2.75, 3.05) is 19.8 Å². The van der Waals surface area contributed by atoms with E-state index in [1.807, 2.05) is 12.1 Å². The lowest BCUT2D eigenvalue weighted by Gasteiger charge is -2.53. The van der Waals surface area contributed by atoms with E-state index in [2.05, 4.69) is 24.3 Å². The minimum Gasteiger partial charge on any atom is -0.394 e. The molecule has 148 valence electrons. The number of hydrogen-bond donors (Lipinski definition) is 1. The molecule has 1 amide bonds. The van der Waals surface area contributed by atoms with Gasteiger partial charge in [-0.2, -0.15) is 5.26 Å². The van der Waals surface area contributed by atoms with Crippen LogP contribution in [0.4, 0.5) is 0 Å². The quantitative estimate of drug-likeness (QED) is 0.870. The highest BCUT2D eigenvalue weighted by molar-refractivity contribution is 5.82. The van der Waals surface area contributed by atoms with Crippen LogP contribution in [0.1, 0.15) is 55.6 Å². The summed E-state index contributed by atoms with van der Waals surface area (Å²) in [7, 11) is 0. The molecule has 5 heteroatoms. The van der Waals surface area contributed by atoms with Crippen LogP contribution < -0.4 is 0 Å². The smallest absolute Gasteiger partial charge is 0.227 e. The molecule has 2 heterocycles. The minimum atomic E-state index is -0.516. The number of benzene rings is 1. The number of rotatable bonds is 4. The summed E-state index contributed by atoms with van der Waals surface area (Å²) >= 11 is 0. The molecule has 1 aliphatic carbocycles. The fourth-order valence-electron chi connectivity index (χ4n) is 5.00. The normalized spacial score (nSPS) is 28.2. The van der Waals surface area contributed by atoms with Crippen molar-refractivity contribution in [1.82, 2.24) is 4.90 Å². The number of nitriles is 1. The van der Waals surface area contributed by atoms with Crippen LogP contribution in [0.25, 0.3) is 5.57 Å². The highest BCUT2D eigenvalue weighted by Crippen LogP contribution is 2.45. The van der Waals surface area contributed by atoms with Crippen molar-refractivity contribution < 1.29 is 14.6 Å². The monoisotopic (exact) mass is 380 g/mol. The summed E-state index contributed by atoms with van der Waals surface area (Å²) in [5.74, 6) is -0.242. The molecule has 1 aromatic carbocycles. The average Bonchev–Trinajstić information content (AvgIpc) is 2.75. The van der Waals surface area contributed by atoms with Crippen molar-refractivity contribution in [2.24, 2.45) is 5.92 Å². The summed E-state index contributed by atoms with van der Waals surface area (Å²) in [6.45, 7) is 1.06. The number of carbonyl (C=O) groups excluding carboxylic acids is 1. The van der Waals surface area contributed by atoms with E-state index in [-0.39, 0.29) is 30.4 Å². The number of nitrogens with zero attached hydrogens (tertiary/aromatic N) is 2. The minimum absolute atomic E-state index is 0.000451. The molecule has 0 spiro atoms. The molecular weight excluding hydrogens is 352 g/mol. The predicted octanol–water partition coefficient (Wildman–Crippen LogP) is 3.25. The van der Waals surface area contributed by atoms with Gasteiger partial charge in [0.1, 0.15) is 6.04 Å². The summed E-state index contributed by atoms with van der Waals surface area (Å²) in [4.78, 5) is 14.7. The number of ether oxygens (including phenoxy) is 1. The maximum Gasteiger partial charge on any atom is 0.227 e. The van der Waals surface area contributed by atoms with Crippen molar-refractivity contribution in [3.8, 4) is 6.07 Å². The molecule has 0 radical (unpaired) electrons. The van der Waals surface area contributed by atoms with Crippen molar-refractivity contribution in [3.05, 3.63) is 41.5 Å². The van der Waals surface area contributed by atoms with E-state index >= 15 is 0 Å². The molecular formula is C23H28N2O3. The number of allylic oxidation sites excluding steroid dienone is 2. The van der Waals surface area contributed by atoms with Crippen molar-refractivity contribution >= 4 is 11.5 Å². The zero-order valence-corrected chi connectivity index (χ0v) is 16.2. The van der Waals surface area contributed by atoms with Gasteiger partial charge < -0.3 is 14.7 Å². The summed E-state index contributed by atoms with van der Waals surface area (Å²) in [6, 6.07) is 9.73. The van der Waals surface area contributed by atoms with E-state index in [1.54, 1.807) is 4.90 Å². The van der Waals surface area contributed by atoms with Crippen LogP contribution in [-0.4, -0.2) is 47.8 Å². The second-order valence-corrected chi connectivity index (χ2v) is 8.04. The first-order valence-corrected chi connectivity index (χ1v) is 10.4. The Bertz CT molecular complexity index is 791. The van der Waals surface area contributed by atoms with Gasteiger partial charge in [0, 0.05) is 25.0 Å². The molecule has 1 N–H and O–H groups in total. The van der Waals surface area contributed by atoms with Crippen LogP contribution in [0.15, 0.2) is 30.3 Å². The maximum absolute atomic E-state index is 13.1. The highest BCUT2D eigenvalue weighted by Gasteiger charge is 2.53. The van der Waals surface area contributed by atoms with Crippen molar-refractivity contribution in [1.29, 1.82) is 5.26 Å². The molecule has 4 rings (SSSR count). The summed E-state index contributed by atoms with van der Waals surface area (Å²) < 4.78 is 5.37. The average molecular weight is 380 g/mol. The zero-order valence-electron chi connectivity index (χ0n) is 16.2. The zero-order chi connectivity index (χ0) is 19.5. The van der Waals surface area contributed by atoms with E-state index in [9.17, 15) is 15.2 Å². The molecule has 2 saturated heterocycles. The largest absolute Gasteiger partial charge is 0.394 e. The first-order chi connectivity index (χ1) is 13.8. The Kier molecular flexibility index (Phi) is 5.79. The van der Waals surface area contributed by atoms with Gasteiger partial charge >= 0.3 is 0 Å². The molecule has 3 aliphatic rings. The first kappa shape index (κ1) is 19.2. The lowest BCUT2D eigenvalue weighted by atomic mass is 9.72. The number of aliphatic hydroxyl groups excluding tert-OH is 1. The van der Waals surface area contributed by atoms with Crippen LogP contribution in [-0.2, 0) is 9.53 Å². The molecule has 2 aliphatic heterocycles. The Hall–Kier alpha value is -2.16. The standard InChI is InChI=1S/C23H28N2O3/c24-14-20-22(19-9-5-4-8-18(19)16-6-2-1-3-7-16)21(15-26)25(20)23(27)17-10-12-28-13-11-17/h4-6,8-9,17,20-22,26H,1-3,7,10-13,15H2/t20-,21+,22-/m1/s1. The van der Waals surface area contributed by atoms with Gasteiger partial charge in [-0.1, -0.05) is 30.3 Å². The lowest BCUT2D eigenvalue weighted by molar-refractivity contribution is -0.154. The first-order valence-electron chi connectivity index (χ1n) is 10.4. The van der Waals surface area contributed by atoms with Gasteiger partial charge in [0.2, 0.25) is 5.91 Å². The second kappa shape index (κ2) is 8.46. The molecule has 3 atom stereocenters. The summed E-state index contributed by atoms with van der Waals surface area (Å²) in [5.41, 5.74) is 3.62. The molecule has 0 saturated carbocycles. The van der Waals surface area contributed by atoms with Gasteiger partial charge in [-0.25, -0.2) is 0 Å². The molecule has 2 fully saturated rings. The summed E-state index contributed by atoms with van der Waals surface area (Å²) in [6.07, 6.45) is 8.25. The number of aliphatic hydroxyl groups is 1. The Morgan fingerprint density at radius 2 is 2.04 bits per heavy atom. The number of amides is 1. The third-order valence-electron chi connectivity index (χ3n) is 6.51. The van der Waals surface area contributed by atoms with Crippen LogP contribution >= 0.6 is 0 Å². The van der Waals surface area contributed by atoms with Crippen LogP contribution in [0.5, 0.6) is 0 Å². The molecule has 28 heavy (non-hydrogen) atoms. The molecule has 0 bridgehead atoms. The van der Waals surface area contributed by atoms with Crippen molar-refractivity contribution in [2.45, 2.75) is 56.5 Å². The van der Waals surface area contributed by atoms with Crippen LogP contribution in [0.3, 0.4) is 0 Å². The van der Waals surface area contributed by atoms with Crippen LogP contribution in [0, 0.1) is 17.2 Å².